The highest BCUT2D eigenvalue weighted by atomic mass is 32.1. The van der Waals surface area contributed by atoms with Gasteiger partial charge in [0.25, 0.3) is 5.56 Å². The minimum absolute atomic E-state index is 0.0478. The van der Waals surface area contributed by atoms with Crippen LogP contribution in [0.5, 0.6) is 0 Å². The highest BCUT2D eigenvalue weighted by Gasteiger charge is 2.08. The first-order valence-corrected chi connectivity index (χ1v) is 9.06. The molecular formula is C18H20N4O2S. The van der Waals surface area contributed by atoms with E-state index in [9.17, 15) is 9.59 Å². The van der Waals surface area contributed by atoms with Crippen LogP contribution >= 0.6 is 11.3 Å². The zero-order valence-corrected chi connectivity index (χ0v) is 15.1. The first kappa shape index (κ1) is 17.3. The van der Waals surface area contributed by atoms with E-state index in [1.165, 1.54) is 0 Å². The topological polar surface area (TPSA) is 76.9 Å². The smallest absolute Gasteiger partial charge is 0.272 e. The molecule has 6 nitrogen and oxygen atoms in total. The summed E-state index contributed by atoms with van der Waals surface area (Å²) in [5, 5.41) is 5.75. The van der Waals surface area contributed by atoms with Gasteiger partial charge in [-0.05, 0) is 32.4 Å². The van der Waals surface area contributed by atoms with Crippen LogP contribution in [-0.4, -0.2) is 27.0 Å². The Morgan fingerprint density at radius 2 is 2.04 bits per heavy atom. The van der Waals surface area contributed by atoms with Gasteiger partial charge >= 0.3 is 0 Å². The van der Waals surface area contributed by atoms with Gasteiger partial charge in [0.2, 0.25) is 5.91 Å². The van der Waals surface area contributed by atoms with Crippen LogP contribution in [0.15, 0.2) is 34.4 Å². The van der Waals surface area contributed by atoms with Gasteiger partial charge < -0.3 is 9.88 Å². The largest absolute Gasteiger partial charge is 0.356 e. The third kappa shape index (κ3) is 4.11. The van der Waals surface area contributed by atoms with E-state index in [2.05, 4.69) is 15.3 Å². The lowest BCUT2D eigenvalue weighted by Gasteiger charge is -2.11. The van der Waals surface area contributed by atoms with E-state index in [0.29, 0.717) is 31.6 Å². The van der Waals surface area contributed by atoms with Crippen LogP contribution in [0.4, 0.5) is 0 Å². The van der Waals surface area contributed by atoms with Crippen molar-refractivity contribution in [2.24, 2.45) is 0 Å². The molecular weight excluding hydrogens is 336 g/mol. The average Bonchev–Trinajstić information content (AvgIpc) is 2.99. The number of carbonyl (C=O) groups excluding carboxylic acids is 1. The molecule has 0 aliphatic heterocycles. The minimum atomic E-state index is -0.0806. The number of thiazole rings is 1. The normalized spacial score (nSPS) is 11.0. The maximum atomic E-state index is 12.4. The van der Waals surface area contributed by atoms with Gasteiger partial charge in [0.1, 0.15) is 5.69 Å². The van der Waals surface area contributed by atoms with Crippen LogP contribution in [0, 0.1) is 13.8 Å². The molecule has 2 aromatic heterocycles. The first-order valence-electron chi connectivity index (χ1n) is 8.18. The predicted octanol–water partition coefficient (Wildman–Crippen LogP) is 2.22. The summed E-state index contributed by atoms with van der Waals surface area (Å²) in [6.07, 6.45) is 0.969. The van der Waals surface area contributed by atoms with Gasteiger partial charge in [0.05, 0.1) is 28.2 Å². The molecule has 2 heterocycles. The summed E-state index contributed by atoms with van der Waals surface area (Å²) in [6.45, 7) is 4.70. The summed E-state index contributed by atoms with van der Waals surface area (Å²) in [5.74, 6) is -0.0478. The van der Waals surface area contributed by atoms with Crippen LogP contribution in [0.3, 0.4) is 0 Å². The second-order valence-corrected chi connectivity index (χ2v) is 6.94. The maximum Gasteiger partial charge on any atom is 0.272 e. The maximum absolute atomic E-state index is 12.4. The Bertz CT molecular complexity index is 961. The summed E-state index contributed by atoms with van der Waals surface area (Å²) in [4.78, 5) is 32.9. The lowest BCUT2D eigenvalue weighted by Crippen LogP contribution is -2.29. The van der Waals surface area contributed by atoms with Crippen LogP contribution in [-0.2, 0) is 17.8 Å². The number of carbonyl (C=O) groups is 1. The van der Waals surface area contributed by atoms with Crippen molar-refractivity contribution in [2.45, 2.75) is 33.2 Å². The van der Waals surface area contributed by atoms with Crippen molar-refractivity contribution in [3.63, 3.8) is 0 Å². The number of nitrogens with zero attached hydrogens (tertiary/aromatic N) is 3. The molecule has 3 aromatic rings. The summed E-state index contributed by atoms with van der Waals surface area (Å²) in [7, 11) is 0. The third-order valence-corrected chi connectivity index (χ3v) is 4.73. The molecule has 0 saturated heterocycles. The lowest BCUT2D eigenvalue weighted by molar-refractivity contribution is -0.120. The Balaban J connectivity index is 1.59. The molecule has 3 rings (SSSR count). The molecule has 1 amide bonds. The second-order valence-electron chi connectivity index (χ2n) is 5.88. The number of amides is 1. The van der Waals surface area contributed by atoms with E-state index in [0.717, 1.165) is 21.7 Å². The molecule has 0 atom stereocenters. The van der Waals surface area contributed by atoms with Gasteiger partial charge in [0.15, 0.2) is 0 Å². The fourth-order valence-corrected chi connectivity index (χ4v) is 3.34. The molecule has 0 fully saturated rings. The quantitative estimate of drug-likeness (QED) is 0.687. The number of nitrogens with one attached hydrogen (secondary N) is 1. The van der Waals surface area contributed by atoms with Crippen LogP contribution in [0.1, 0.15) is 22.8 Å². The average molecular weight is 356 g/mol. The molecule has 0 spiro atoms. The molecule has 1 aromatic carbocycles. The Morgan fingerprint density at radius 3 is 2.80 bits per heavy atom. The van der Waals surface area contributed by atoms with Crippen LogP contribution in [0.25, 0.3) is 11.0 Å². The molecule has 0 aliphatic rings. The molecule has 1 N–H and O–H groups in total. The fraction of sp³-hybridized carbons (Fsp3) is 0.333. The Kier molecular flexibility index (Phi) is 5.23. The number of aryl methyl sites for hydroxylation is 3. The van der Waals surface area contributed by atoms with E-state index in [1.54, 1.807) is 22.8 Å². The Morgan fingerprint density at radius 1 is 1.24 bits per heavy atom. The Labute approximate surface area is 149 Å². The van der Waals surface area contributed by atoms with Crippen molar-refractivity contribution in [2.75, 3.05) is 6.54 Å². The van der Waals surface area contributed by atoms with E-state index in [1.807, 2.05) is 36.6 Å². The molecule has 0 aliphatic carbocycles. The molecule has 130 valence electrons. The van der Waals surface area contributed by atoms with E-state index in [-0.39, 0.29) is 11.5 Å². The van der Waals surface area contributed by atoms with Crippen molar-refractivity contribution < 1.29 is 4.79 Å². The highest BCUT2D eigenvalue weighted by Crippen LogP contribution is 2.10. The number of benzene rings is 1. The lowest BCUT2D eigenvalue weighted by atomic mass is 10.2. The van der Waals surface area contributed by atoms with E-state index in [4.69, 9.17) is 0 Å². The van der Waals surface area contributed by atoms with Gasteiger partial charge in [-0.15, -0.1) is 11.3 Å². The molecule has 0 saturated carbocycles. The molecule has 25 heavy (non-hydrogen) atoms. The number of hydrogen-bond acceptors (Lipinski definition) is 5. The fourth-order valence-electron chi connectivity index (χ4n) is 2.72. The number of fused-ring (bicyclic) bond motifs is 1. The standard InChI is InChI=1S/C18H20N4O2S/c1-12-18(24)22(16-7-4-3-6-15(16)20-12)9-5-8-19-17(23)10-14-11-25-13(2)21-14/h3-4,6-7,11H,5,8-10H2,1-2H3,(H,19,23). The molecule has 0 bridgehead atoms. The molecule has 0 radical (unpaired) electrons. The van der Waals surface area contributed by atoms with Gasteiger partial charge in [-0.25, -0.2) is 9.97 Å². The summed E-state index contributed by atoms with van der Waals surface area (Å²) < 4.78 is 1.73. The number of rotatable bonds is 6. The molecule has 7 heteroatoms. The predicted molar refractivity (Wildman–Crippen MR) is 98.9 cm³/mol. The Hall–Kier alpha value is -2.54. The first-order chi connectivity index (χ1) is 12.0. The summed E-state index contributed by atoms with van der Waals surface area (Å²) >= 11 is 1.54. The minimum Gasteiger partial charge on any atom is -0.356 e. The van der Waals surface area contributed by atoms with Gasteiger partial charge in [-0.1, -0.05) is 12.1 Å². The SMILES string of the molecule is Cc1nc(CC(=O)NCCCn2c(=O)c(C)nc3ccccc32)cs1. The second kappa shape index (κ2) is 7.57. The van der Waals surface area contributed by atoms with Crippen molar-refractivity contribution in [1.29, 1.82) is 0 Å². The van der Waals surface area contributed by atoms with Crippen LogP contribution < -0.4 is 10.9 Å². The number of hydrogen-bond donors (Lipinski definition) is 1. The zero-order valence-electron chi connectivity index (χ0n) is 14.3. The van der Waals surface area contributed by atoms with Crippen molar-refractivity contribution in [1.82, 2.24) is 19.9 Å². The zero-order chi connectivity index (χ0) is 17.8. The number of para-hydroxylation sites is 2. The summed E-state index contributed by atoms with van der Waals surface area (Å²) in [5.41, 5.74) is 2.83. The van der Waals surface area contributed by atoms with E-state index < -0.39 is 0 Å². The van der Waals surface area contributed by atoms with Crippen molar-refractivity contribution in [3.8, 4) is 0 Å². The monoisotopic (exact) mass is 356 g/mol. The van der Waals surface area contributed by atoms with Gasteiger partial charge in [0, 0.05) is 18.5 Å². The number of aromatic nitrogens is 3. The van der Waals surface area contributed by atoms with Gasteiger partial charge in [-0.3, -0.25) is 9.59 Å². The van der Waals surface area contributed by atoms with Crippen LogP contribution in [0.2, 0.25) is 0 Å². The van der Waals surface area contributed by atoms with Gasteiger partial charge in [-0.2, -0.15) is 0 Å². The molecule has 0 unspecified atom stereocenters. The van der Waals surface area contributed by atoms with Crippen molar-refractivity contribution in [3.05, 3.63) is 56.4 Å². The highest BCUT2D eigenvalue weighted by molar-refractivity contribution is 7.09. The van der Waals surface area contributed by atoms with Crippen molar-refractivity contribution >= 4 is 28.3 Å². The third-order valence-electron chi connectivity index (χ3n) is 3.90. The van der Waals surface area contributed by atoms with E-state index >= 15 is 0 Å². The summed E-state index contributed by atoms with van der Waals surface area (Å²) in [6, 6.07) is 7.60.